The van der Waals surface area contributed by atoms with Crippen molar-refractivity contribution in [3.63, 3.8) is 0 Å². The molecule has 0 aliphatic carbocycles. The van der Waals surface area contributed by atoms with Gasteiger partial charge in [0.05, 0.1) is 5.56 Å². The number of benzene rings is 3. The summed E-state index contributed by atoms with van der Waals surface area (Å²) in [6, 6.07) is 17.2. The highest BCUT2D eigenvalue weighted by Gasteiger charge is 2.13. The van der Waals surface area contributed by atoms with Crippen LogP contribution in [0.25, 0.3) is 10.8 Å². The third-order valence-corrected chi connectivity index (χ3v) is 3.68. The molecule has 98 valence electrons. The van der Waals surface area contributed by atoms with Gasteiger partial charge in [-0.1, -0.05) is 46.3 Å². The maximum Gasteiger partial charge on any atom is 0.195 e. The van der Waals surface area contributed by atoms with Crippen molar-refractivity contribution in [3.05, 3.63) is 82.1 Å². The second-order valence-electron chi connectivity index (χ2n) is 4.52. The number of fused-ring (bicyclic) bond motifs is 1. The first kappa shape index (κ1) is 13.0. The van der Waals surface area contributed by atoms with E-state index in [0.717, 1.165) is 15.2 Å². The van der Waals surface area contributed by atoms with E-state index in [0.29, 0.717) is 5.56 Å². The Morgan fingerprint density at radius 2 is 1.60 bits per heavy atom. The van der Waals surface area contributed by atoms with E-state index in [-0.39, 0.29) is 11.3 Å². The first-order chi connectivity index (χ1) is 9.65. The Bertz CT molecular complexity index is 811. The van der Waals surface area contributed by atoms with Gasteiger partial charge in [0.25, 0.3) is 0 Å². The van der Waals surface area contributed by atoms with Crippen molar-refractivity contribution in [1.29, 1.82) is 0 Å². The molecule has 0 bridgehead atoms. The summed E-state index contributed by atoms with van der Waals surface area (Å²) in [7, 11) is 0. The van der Waals surface area contributed by atoms with Crippen molar-refractivity contribution < 1.29 is 9.18 Å². The van der Waals surface area contributed by atoms with E-state index in [1.54, 1.807) is 24.3 Å². The molecule has 0 heterocycles. The van der Waals surface area contributed by atoms with Crippen molar-refractivity contribution in [3.8, 4) is 0 Å². The summed E-state index contributed by atoms with van der Waals surface area (Å²) in [5.74, 6) is -0.790. The minimum atomic E-state index is -0.492. The number of rotatable bonds is 2. The van der Waals surface area contributed by atoms with Gasteiger partial charge < -0.3 is 0 Å². The Kier molecular flexibility index (Phi) is 3.36. The SMILES string of the molecule is O=C(c1ccc2cc(Br)ccc2c1)c1ccccc1F. The molecule has 0 spiro atoms. The zero-order valence-corrected chi connectivity index (χ0v) is 12.0. The highest BCUT2D eigenvalue weighted by molar-refractivity contribution is 9.10. The maximum absolute atomic E-state index is 13.7. The lowest BCUT2D eigenvalue weighted by atomic mass is 10.00. The second kappa shape index (κ2) is 5.17. The third-order valence-electron chi connectivity index (χ3n) is 3.18. The van der Waals surface area contributed by atoms with E-state index >= 15 is 0 Å². The number of ketones is 1. The monoisotopic (exact) mass is 328 g/mol. The lowest BCUT2D eigenvalue weighted by Crippen LogP contribution is -2.03. The zero-order chi connectivity index (χ0) is 14.1. The summed E-state index contributed by atoms with van der Waals surface area (Å²) in [5.41, 5.74) is 0.592. The molecule has 3 aromatic carbocycles. The van der Waals surface area contributed by atoms with E-state index < -0.39 is 5.82 Å². The van der Waals surface area contributed by atoms with Gasteiger partial charge in [-0.3, -0.25) is 4.79 Å². The van der Waals surface area contributed by atoms with Gasteiger partial charge in [0.2, 0.25) is 0 Å². The van der Waals surface area contributed by atoms with Crippen LogP contribution < -0.4 is 0 Å². The molecule has 20 heavy (non-hydrogen) atoms. The predicted octanol–water partition coefficient (Wildman–Crippen LogP) is 4.97. The summed E-state index contributed by atoms with van der Waals surface area (Å²) in [4.78, 5) is 12.3. The summed E-state index contributed by atoms with van der Waals surface area (Å²) in [5, 5.41) is 1.99. The fourth-order valence-corrected chi connectivity index (χ4v) is 2.54. The Hall–Kier alpha value is -2.00. The molecular weight excluding hydrogens is 319 g/mol. The molecule has 3 aromatic rings. The number of halogens is 2. The Balaban J connectivity index is 2.09. The van der Waals surface area contributed by atoms with Crippen molar-refractivity contribution in [2.24, 2.45) is 0 Å². The third kappa shape index (κ3) is 2.37. The van der Waals surface area contributed by atoms with Crippen LogP contribution in [0.3, 0.4) is 0 Å². The Morgan fingerprint density at radius 3 is 2.40 bits per heavy atom. The van der Waals surface area contributed by atoms with Crippen LogP contribution in [0.1, 0.15) is 15.9 Å². The fraction of sp³-hybridized carbons (Fsp3) is 0. The molecular formula is C17H10BrFO. The molecule has 0 radical (unpaired) electrons. The standard InChI is InChI=1S/C17H10BrFO/c18-14-8-7-11-9-13(6-5-12(11)10-14)17(20)15-3-1-2-4-16(15)19/h1-10H. The second-order valence-corrected chi connectivity index (χ2v) is 5.43. The highest BCUT2D eigenvalue weighted by atomic mass is 79.9. The predicted molar refractivity (Wildman–Crippen MR) is 81.5 cm³/mol. The molecule has 1 nitrogen and oxygen atoms in total. The lowest BCUT2D eigenvalue weighted by molar-refractivity contribution is 0.103. The van der Waals surface area contributed by atoms with Gasteiger partial charge in [-0.15, -0.1) is 0 Å². The van der Waals surface area contributed by atoms with Gasteiger partial charge in [-0.05, 0) is 41.1 Å². The highest BCUT2D eigenvalue weighted by Crippen LogP contribution is 2.22. The van der Waals surface area contributed by atoms with E-state index in [1.807, 2.05) is 24.3 Å². The summed E-state index contributed by atoms with van der Waals surface area (Å²) < 4.78 is 14.6. The van der Waals surface area contributed by atoms with Crippen LogP contribution in [-0.4, -0.2) is 5.78 Å². The smallest absolute Gasteiger partial charge is 0.195 e. The van der Waals surface area contributed by atoms with Crippen LogP contribution in [-0.2, 0) is 0 Å². The van der Waals surface area contributed by atoms with Gasteiger partial charge in [0, 0.05) is 10.0 Å². The molecule has 0 aliphatic heterocycles. The lowest BCUT2D eigenvalue weighted by Gasteiger charge is -2.05. The van der Waals surface area contributed by atoms with Crippen molar-refractivity contribution in [1.82, 2.24) is 0 Å². The van der Waals surface area contributed by atoms with Crippen molar-refractivity contribution in [2.45, 2.75) is 0 Å². The van der Waals surface area contributed by atoms with Crippen LogP contribution in [0.15, 0.2) is 65.1 Å². The molecule has 0 saturated heterocycles. The number of hydrogen-bond donors (Lipinski definition) is 0. The van der Waals surface area contributed by atoms with Crippen LogP contribution >= 0.6 is 15.9 Å². The number of carbonyl (C=O) groups excluding carboxylic acids is 1. The molecule has 3 rings (SSSR count). The van der Waals surface area contributed by atoms with E-state index in [1.165, 1.54) is 12.1 Å². The topological polar surface area (TPSA) is 17.1 Å². The van der Waals surface area contributed by atoms with E-state index in [9.17, 15) is 9.18 Å². The van der Waals surface area contributed by atoms with Crippen LogP contribution in [0, 0.1) is 5.82 Å². The molecule has 0 aliphatic rings. The van der Waals surface area contributed by atoms with Crippen molar-refractivity contribution in [2.75, 3.05) is 0 Å². The average molecular weight is 329 g/mol. The normalized spacial score (nSPS) is 10.7. The van der Waals surface area contributed by atoms with Gasteiger partial charge in [-0.25, -0.2) is 4.39 Å². The molecule has 0 unspecified atom stereocenters. The molecule has 0 aromatic heterocycles. The van der Waals surface area contributed by atoms with Gasteiger partial charge in [-0.2, -0.15) is 0 Å². The molecule has 0 amide bonds. The molecule has 0 N–H and O–H groups in total. The summed E-state index contributed by atoms with van der Waals surface area (Å²) >= 11 is 3.41. The Morgan fingerprint density at radius 1 is 0.900 bits per heavy atom. The van der Waals surface area contributed by atoms with E-state index in [2.05, 4.69) is 15.9 Å². The first-order valence-corrected chi connectivity index (χ1v) is 6.93. The average Bonchev–Trinajstić information content (AvgIpc) is 2.46. The summed E-state index contributed by atoms with van der Waals surface area (Å²) in [6.07, 6.45) is 0. The largest absolute Gasteiger partial charge is 0.288 e. The number of carbonyl (C=O) groups is 1. The van der Waals surface area contributed by atoms with Crippen molar-refractivity contribution >= 4 is 32.5 Å². The fourth-order valence-electron chi connectivity index (χ4n) is 2.16. The molecule has 3 heteroatoms. The van der Waals surface area contributed by atoms with Gasteiger partial charge in [0.1, 0.15) is 5.82 Å². The zero-order valence-electron chi connectivity index (χ0n) is 10.4. The summed E-state index contributed by atoms with van der Waals surface area (Å²) in [6.45, 7) is 0. The minimum absolute atomic E-state index is 0.101. The minimum Gasteiger partial charge on any atom is -0.288 e. The van der Waals surface area contributed by atoms with Crippen LogP contribution in [0.2, 0.25) is 0 Å². The van der Waals surface area contributed by atoms with Gasteiger partial charge >= 0.3 is 0 Å². The number of hydrogen-bond acceptors (Lipinski definition) is 1. The molecule has 0 atom stereocenters. The molecule has 0 saturated carbocycles. The van der Waals surface area contributed by atoms with E-state index in [4.69, 9.17) is 0 Å². The van der Waals surface area contributed by atoms with Crippen LogP contribution in [0.4, 0.5) is 4.39 Å². The Labute approximate surface area is 124 Å². The van der Waals surface area contributed by atoms with Gasteiger partial charge in [0.15, 0.2) is 5.78 Å². The quantitative estimate of drug-likeness (QED) is 0.607. The first-order valence-electron chi connectivity index (χ1n) is 6.14. The maximum atomic E-state index is 13.7. The van der Waals surface area contributed by atoms with Crippen LogP contribution in [0.5, 0.6) is 0 Å². The molecule has 0 fully saturated rings.